The molecule has 0 aliphatic heterocycles. The summed E-state index contributed by atoms with van der Waals surface area (Å²) in [4.78, 5) is 25.1. The molecule has 0 aromatic heterocycles. The Labute approximate surface area is 137 Å². The number of para-hydroxylation sites is 2. The van der Waals surface area contributed by atoms with Gasteiger partial charge in [-0.25, -0.2) is 0 Å². The number of esters is 2. The molecule has 0 saturated carbocycles. The molecule has 0 fully saturated rings. The lowest BCUT2D eigenvalue weighted by atomic mass is 9.82. The van der Waals surface area contributed by atoms with Crippen LogP contribution >= 0.6 is 0 Å². The van der Waals surface area contributed by atoms with Crippen LogP contribution in [0.4, 0.5) is 0 Å². The van der Waals surface area contributed by atoms with E-state index in [1.54, 1.807) is 38.1 Å². The fourth-order valence-electron chi connectivity index (χ4n) is 2.19. The van der Waals surface area contributed by atoms with Crippen molar-refractivity contribution >= 4 is 11.9 Å². The Hall–Kier alpha value is -2.04. The van der Waals surface area contributed by atoms with Crippen molar-refractivity contribution < 1.29 is 23.8 Å². The number of rotatable bonds is 8. The van der Waals surface area contributed by atoms with Crippen molar-refractivity contribution in [3.05, 3.63) is 24.3 Å². The minimum Gasteiger partial charge on any atom is -0.493 e. The normalized spacial score (nSPS) is 11.2. The predicted molar refractivity (Wildman–Crippen MR) is 87.4 cm³/mol. The molecule has 0 heterocycles. The molecule has 0 atom stereocenters. The van der Waals surface area contributed by atoms with Crippen molar-refractivity contribution in [3.8, 4) is 11.5 Å². The zero-order valence-electron chi connectivity index (χ0n) is 14.5. The second-order valence-electron chi connectivity index (χ2n) is 5.82. The molecular formula is C18H26O5. The van der Waals surface area contributed by atoms with Gasteiger partial charge in [-0.05, 0) is 30.9 Å². The van der Waals surface area contributed by atoms with Gasteiger partial charge >= 0.3 is 11.9 Å². The summed E-state index contributed by atoms with van der Waals surface area (Å²) in [5.41, 5.74) is -1.30. The Morgan fingerprint density at radius 3 is 2.09 bits per heavy atom. The summed E-state index contributed by atoms with van der Waals surface area (Å²) in [5.74, 6) is -0.201. The highest BCUT2D eigenvalue weighted by Gasteiger charge is 2.46. The first kappa shape index (κ1) is 19.0. The molecule has 0 aliphatic rings. The molecule has 128 valence electrons. The lowest BCUT2D eigenvalue weighted by molar-refractivity contribution is -0.168. The third-order valence-electron chi connectivity index (χ3n) is 3.81. The minimum atomic E-state index is -1.30. The first-order chi connectivity index (χ1) is 10.9. The van der Waals surface area contributed by atoms with Crippen LogP contribution in [0.3, 0.4) is 0 Å². The third-order valence-corrected chi connectivity index (χ3v) is 3.81. The third kappa shape index (κ3) is 4.47. The van der Waals surface area contributed by atoms with Crippen molar-refractivity contribution in [2.75, 3.05) is 13.7 Å². The van der Waals surface area contributed by atoms with Crippen molar-refractivity contribution in [3.63, 3.8) is 0 Å². The first-order valence-corrected chi connectivity index (χ1v) is 7.93. The van der Waals surface area contributed by atoms with Crippen LogP contribution in [0.2, 0.25) is 0 Å². The topological polar surface area (TPSA) is 61.8 Å². The van der Waals surface area contributed by atoms with Crippen LogP contribution in [0.25, 0.3) is 0 Å². The van der Waals surface area contributed by atoms with E-state index in [4.69, 9.17) is 14.2 Å². The molecule has 0 radical (unpaired) electrons. The summed E-state index contributed by atoms with van der Waals surface area (Å²) in [7, 11) is 1.50. The van der Waals surface area contributed by atoms with Gasteiger partial charge in [-0.3, -0.25) is 9.59 Å². The maximum Gasteiger partial charge on any atom is 0.328 e. The van der Waals surface area contributed by atoms with Gasteiger partial charge in [0.15, 0.2) is 16.9 Å². The quantitative estimate of drug-likeness (QED) is 0.416. The summed E-state index contributed by atoms with van der Waals surface area (Å²) in [5, 5.41) is 0. The molecule has 5 nitrogen and oxygen atoms in total. The summed E-state index contributed by atoms with van der Waals surface area (Å²) in [6.45, 7) is 7.73. The van der Waals surface area contributed by atoms with Crippen molar-refractivity contribution in [1.29, 1.82) is 0 Å². The molecule has 0 unspecified atom stereocenters. The molecular weight excluding hydrogens is 296 g/mol. The summed E-state index contributed by atoms with van der Waals surface area (Å²) < 4.78 is 15.9. The summed E-state index contributed by atoms with van der Waals surface area (Å²) >= 11 is 0. The molecule has 0 saturated heterocycles. The Kier molecular flexibility index (Phi) is 7.07. The Balaban J connectivity index is 2.99. The van der Waals surface area contributed by atoms with E-state index in [1.807, 2.05) is 13.8 Å². The van der Waals surface area contributed by atoms with E-state index in [0.717, 1.165) is 0 Å². The van der Waals surface area contributed by atoms with Crippen LogP contribution in [-0.4, -0.2) is 25.7 Å². The van der Waals surface area contributed by atoms with Crippen molar-refractivity contribution in [1.82, 2.24) is 0 Å². The van der Waals surface area contributed by atoms with E-state index in [1.165, 1.54) is 7.11 Å². The van der Waals surface area contributed by atoms with Gasteiger partial charge in [-0.1, -0.05) is 39.8 Å². The lowest BCUT2D eigenvalue weighted by Gasteiger charge is -2.27. The Bertz CT molecular complexity index is 532. The van der Waals surface area contributed by atoms with Crippen LogP contribution in [-0.2, 0) is 14.3 Å². The highest BCUT2D eigenvalue weighted by molar-refractivity contribution is 6.00. The van der Waals surface area contributed by atoms with Gasteiger partial charge in [0.25, 0.3) is 0 Å². The van der Waals surface area contributed by atoms with Gasteiger partial charge in [0, 0.05) is 0 Å². The highest BCUT2D eigenvalue weighted by Crippen LogP contribution is 2.33. The van der Waals surface area contributed by atoms with Gasteiger partial charge in [-0.2, -0.15) is 0 Å². The number of hydrogen-bond acceptors (Lipinski definition) is 5. The number of benzene rings is 1. The van der Waals surface area contributed by atoms with E-state index in [0.29, 0.717) is 24.3 Å². The largest absolute Gasteiger partial charge is 0.493 e. The smallest absolute Gasteiger partial charge is 0.328 e. The van der Waals surface area contributed by atoms with Crippen molar-refractivity contribution in [2.45, 2.75) is 40.5 Å². The second-order valence-corrected chi connectivity index (χ2v) is 5.82. The highest BCUT2D eigenvalue weighted by atomic mass is 16.6. The second kappa shape index (κ2) is 8.56. The van der Waals surface area contributed by atoms with Crippen LogP contribution in [0.15, 0.2) is 24.3 Å². The molecule has 0 bridgehead atoms. The zero-order chi connectivity index (χ0) is 17.5. The number of methoxy groups -OCH3 is 1. The standard InChI is InChI=1S/C18H26O5/c1-6-18(7-2,16(19)22-12-13(3)4)17(20)23-15-11-9-8-10-14(15)21-5/h8-11,13H,6-7,12H2,1-5H3. The first-order valence-electron chi connectivity index (χ1n) is 7.93. The average molecular weight is 322 g/mol. The zero-order valence-corrected chi connectivity index (χ0v) is 14.5. The molecule has 0 aliphatic carbocycles. The van der Waals surface area contributed by atoms with E-state index in [-0.39, 0.29) is 12.5 Å². The maximum atomic E-state index is 12.7. The van der Waals surface area contributed by atoms with Crippen LogP contribution < -0.4 is 9.47 Å². The number of carbonyl (C=O) groups is 2. The molecule has 1 aromatic carbocycles. The summed E-state index contributed by atoms with van der Waals surface area (Å²) in [6.07, 6.45) is 0.628. The van der Waals surface area contributed by atoms with Gasteiger partial charge in [0.05, 0.1) is 13.7 Å². The van der Waals surface area contributed by atoms with E-state index in [2.05, 4.69) is 0 Å². The fourth-order valence-corrected chi connectivity index (χ4v) is 2.19. The maximum absolute atomic E-state index is 12.7. The van der Waals surface area contributed by atoms with E-state index in [9.17, 15) is 9.59 Å². The lowest BCUT2D eigenvalue weighted by Crippen LogP contribution is -2.43. The van der Waals surface area contributed by atoms with Gasteiger partial charge in [0.2, 0.25) is 0 Å². The number of carbonyl (C=O) groups excluding carboxylic acids is 2. The molecule has 5 heteroatoms. The monoisotopic (exact) mass is 322 g/mol. The minimum absolute atomic E-state index is 0.204. The number of hydrogen-bond donors (Lipinski definition) is 0. The molecule has 0 spiro atoms. The fraction of sp³-hybridized carbons (Fsp3) is 0.556. The Morgan fingerprint density at radius 2 is 1.61 bits per heavy atom. The van der Waals surface area contributed by atoms with Crippen LogP contribution in [0, 0.1) is 11.3 Å². The number of ether oxygens (including phenoxy) is 3. The molecule has 0 amide bonds. The molecule has 23 heavy (non-hydrogen) atoms. The Morgan fingerprint density at radius 1 is 1.04 bits per heavy atom. The van der Waals surface area contributed by atoms with Crippen molar-refractivity contribution in [2.24, 2.45) is 11.3 Å². The van der Waals surface area contributed by atoms with Gasteiger partial charge < -0.3 is 14.2 Å². The molecule has 0 N–H and O–H groups in total. The van der Waals surface area contributed by atoms with Crippen LogP contribution in [0.5, 0.6) is 11.5 Å². The average Bonchev–Trinajstić information content (AvgIpc) is 2.55. The van der Waals surface area contributed by atoms with E-state index >= 15 is 0 Å². The molecule has 1 aromatic rings. The summed E-state index contributed by atoms with van der Waals surface area (Å²) in [6, 6.07) is 6.84. The van der Waals surface area contributed by atoms with Gasteiger partial charge in [-0.15, -0.1) is 0 Å². The SMILES string of the molecule is CCC(CC)(C(=O)OCC(C)C)C(=O)Oc1ccccc1OC. The van der Waals surface area contributed by atoms with Gasteiger partial charge in [0.1, 0.15) is 0 Å². The van der Waals surface area contributed by atoms with E-state index < -0.39 is 17.4 Å². The van der Waals surface area contributed by atoms with Crippen LogP contribution in [0.1, 0.15) is 40.5 Å². The molecule has 1 rings (SSSR count). The predicted octanol–water partition coefficient (Wildman–Crippen LogP) is 3.61.